The van der Waals surface area contributed by atoms with E-state index in [-0.39, 0.29) is 24.0 Å². The first-order chi connectivity index (χ1) is 15.0. The lowest BCUT2D eigenvalue weighted by molar-refractivity contribution is 0.346. The Hall–Kier alpha value is -1.85. The molecule has 9 heteroatoms. The predicted molar refractivity (Wildman–Crippen MR) is 139 cm³/mol. The summed E-state index contributed by atoms with van der Waals surface area (Å²) in [6, 6.07) is 14.9. The Morgan fingerprint density at radius 1 is 1.03 bits per heavy atom. The van der Waals surface area contributed by atoms with E-state index >= 15 is 0 Å². The number of hydrogen-bond donors (Lipinski definition) is 2. The molecule has 2 N–H and O–H groups in total. The van der Waals surface area contributed by atoms with Crippen molar-refractivity contribution in [3.8, 4) is 5.75 Å². The van der Waals surface area contributed by atoms with Gasteiger partial charge in [0.25, 0.3) is 0 Å². The van der Waals surface area contributed by atoms with Gasteiger partial charge >= 0.3 is 0 Å². The fraction of sp³-hybridized carbons (Fsp3) is 0.435. The minimum Gasteiger partial charge on any atom is -0.497 e. The smallest absolute Gasteiger partial charge is 0.243 e. The van der Waals surface area contributed by atoms with E-state index in [1.54, 1.807) is 23.5 Å². The van der Waals surface area contributed by atoms with Crippen LogP contribution in [0.25, 0.3) is 0 Å². The summed E-state index contributed by atoms with van der Waals surface area (Å²) in [7, 11) is -1.75. The Bertz CT molecular complexity index is 975. The lowest BCUT2D eigenvalue weighted by Gasteiger charge is -2.25. The summed E-state index contributed by atoms with van der Waals surface area (Å²) in [5.41, 5.74) is 2.05. The van der Waals surface area contributed by atoms with E-state index in [2.05, 4.69) is 15.6 Å². The molecule has 0 aromatic heterocycles. The highest BCUT2D eigenvalue weighted by Crippen LogP contribution is 2.21. The van der Waals surface area contributed by atoms with Gasteiger partial charge in [-0.25, -0.2) is 13.4 Å². The maximum absolute atomic E-state index is 12.8. The quantitative estimate of drug-likeness (QED) is 0.286. The van der Waals surface area contributed by atoms with Crippen LogP contribution in [0.2, 0.25) is 0 Å². The number of piperidine rings is 1. The van der Waals surface area contributed by atoms with Crippen LogP contribution in [0.4, 0.5) is 0 Å². The predicted octanol–water partition coefficient (Wildman–Crippen LogP) is 3.74. The molecule has 0 unspecified atom stereocenters. The summed E-state index contributed by atoms with van der Waals surface area (Å²) in [4.78, 5) is 4.99. The molecule has 3 rings (SSSR count). The fourth-order valence-electron chi connectivity index (χ4n) is 3.50. The van der Waals surface area contributed by atoms with Crippen LogP contribution < -0.4 is 15.4 Å². The Labute approximate surface area is 208 Å². The largest absolute Gasteiger partial charge is 0.497 e. The van der Waals surface area contributed by atoms with E-state index in [9.17, 15) is 8.42 Å². The number of halogens is 1. The molecule has 2 aromatic rings. The second-order valence-corrected chi connectivity index (χ2v) is 9.45. The molecular formula is C23H33IN4O3S. The van der Waals surface area contributed by atoms with Gasteiger partial charge in [-0.3, -0.25) is 0 Å². The Morgan fingerprint density at radius 2 is 1.75 bits per heavy atom. The van der Waals surface area contributed by atoms with Crippen LogP contribution >= 0.6 is 24.0 Å². The van der Waals surface area contributed by atoms with Crippen molar-refractivity contribution in [2.45, 2.75) is 44.2 Å². The first-order valence-corrected chi connectivity index (χ1v) is 12.2. The first kappa shape index (κ1) is 26.4. The van der Waals surface area contributed by atoms with Gasteiger partial charge in [0.1, 0.15) is 5.75 Å². The van der Waals surface area contributed by atoms with Crippen LogP contribution in [-0.2, 0) is 23.1 Å². The monoisotopic (exact) mass is 572 g/mol. The van der Waals surface area contributed by atoms with Gasteiger partial charge in [-0.05, 0) is 55.2 Å². The van der Waals surface area contributed by atoms with Crippen molar-refractivity contribution in [1.82, 2.24) is 14.9 Å². The minimum absolute atomic E-state index is 0. The molecule has 1 aliphatic heterocycles. The molecule has 32 heavy (non-hydrogen) atoms. The maximum Gasteiger partial charge on any atom is 0.243 e. The number of nitrogens with one attached hydrogen (secondary N) is 2. The summed E-state index contributed by atoms with van der Waals surface area (Å²) >= 11 is 0. The number of rotatable bonds is 8. The summed E-state index contributed by atoms with van der Waals surface area (Å²) in [6.07, 6.45) is 2.97. The maximum atomic E-state index is 12.8. The lowest BCUT2D eigenvalue weighted by Crippen LogP contribution is -2.37. The van der Waals surface area contributed by atoms with Crippen molar-refractivity contribution in [3.05, 3.63) is 59.7 Å². The highest BCUT2D eigenvalue weighted by Gasteiger charge is 2.25. The Kier molecular flexibility index (Phi) is 10.7. The van der Waals surface area contributed by atoms with Gasteiger partial charge in [0.15, 0.2) is 5.96 Å². The topological polar surface area (TPSA) is 83.0 Å². The molecule has 0 bridgehead atoms. The van der Waals surface area contributed by atoms with Crippen LogP contribution in [0.15, 0.2) is 58.4 Å². The van der Waals surface area contributed by atoms with Crippen LogP contribution in [0.3, 0.4) is 0 Å². The van der Waals surface area contributed by atoms with E-state index in [4.69, 9.17) is 4.74 Å². The summed E-state index contributed by atoms with van der Waals surface area (Å²) in [5, 5.41) is 6.54. The lowest BCUT2D eigenvalue weighted by atomic mass is 10.2. The molecule has 0 atom stereocenters. The molecule has 1 fully saturated rings. The van der Waals surface area contributed by atoms with Gasteiger partial charge in [-0.15, -0.1) is 24.0 Å². The van der Waals surface area contributed by atoms with Crippen LogP contribution in [-0.4, -0.2) is 45.4 Å². The number of methoxy groups -OCH3 is 1. The third-order valence-corrected chi connectivity index (χ3v) is 7.15. The van der Waals surface area contributed by atoms with Crippen LogP contribution in [0.5, 0.6) is 5.75 Å². The molecule has 7 nitrogen and oxygen atoms in total. The van der Waals surface area contributed by atoms with Gasteiger partial charge in [0.2, 0.25) is 10.0 Å². The number of hydrogen-bond acceptors (Lipinski definition) is 4. The third kappa shape index (κ3) is 7.35. The van der Waals surface area contributed by atoms with E-state index < -0.39 is 10.0 Å². The molecule has 176 valence electrons. The first-order valence-electron chi connectivity index (χ1n) is 10.8. The zero-order valence-corrected chi connectivity index (χ0v) is 21.9. The molecule has 0 radical (unpaired) electrons. The second kappa shape index (κ2) is 13.0. The average molecular weight is 573 g/mol. The zero-order valence-electron chi connectivity index (χ0n) is 18.7. The molecule has 1 heterocycles. The van der Waals surface area contributed by atoms with Gasteiger partial charge in [0.05, 0.1) is 18.6 Å². The van der Waals surface area contributed by atoms with Crippen molar-refractivity contribution < 1.29 is 13.2 Å². The van der Waals surface area contributed by atoms with E-state index in [1.165, 1.54) is 0 Å². The SMILES string of the molecule is CCNC(=NCc1cccc(OC)c1)NCc1ccc(S(=O)(=O)N2CCCCC2)cc1.I. The average Bonchev–Trinajstić information content (AvgIpc) is 2.82. The fourth-order valence-corrected chi connectivity index (χ4v) is 5.02. The van der Waals surface area contributed by atoms with Crippen molar-refractivity contribution in [2.24, 2.45) is 4.99 Å². The normalized spacial score (nSPS) is 15.0. The standard InChI is InChI=1S/C23H32N4O3S.HI/c1-3-24-23(26-18-20-8-7-9-21(16-20)30-2)25-17-19-10-12-22(13-11-19)31(28,29)27-14-5-4-6-15-27;/h7-13,16H,3-6,14-15,17-18H2,1-2H3,(H2,24,25,26);1H. The molecule has 2 aromatic carbocycles. The van der Waals surface area contributed by atoms with Crippen LogP contribution in [0.1, 0.15) is 37.3 Å². The molecule has 0 spiro atoms. The van der Waals surface area contributed by atoms with E-state index in [0.717, 1.165) is 42.7 Å². The van der Waals surface area contributed by atoms with Gasteiger partial charge in [-0.1, -0.05) is 30.7 Å². The van der Waals surface area contributed by atoms with E-state index in [0.29, 0.717) is 37.0 Å². The van der Waals surface area contributed by atoms with Crippen molar-refractivity contribution in [2.75, 3.05) is 26.7 Å². The van der Waals surface area contributed by atoms with Crippen molar-refractivity contribution in [1.29, 1.82) is 0 Å². The number of benzene rings is 2. The molecular weight excluding hydrogens is 539 g/mol. The number of ether oxygens (including phenoxy) is 1. The molecule has 0 aliphatic carbocycles. The van der Waals surface area contributed by atoms with Crippen molar-refractivity contribution >= 4 is 40.0 Å². The number of guanidine groups is 1. The third-order valence-electron chi connectivity index (χ3n) is 5.23. The number of nitrogens with zero attached hydrogens (tertiary/aromatic N) is 2. The van der Waals surface area contributed by atoms with E-state index in [1.807, 2.05) is 43.3 Å². The molecule has 0 saturated carbocycles. The van der Waals surface area contributed by atoms with Crippen molar-refractivity contribution in [3.63, 3.8) is 0 Å². The molecule has 1 aliphatic rings. The second-order valence-electron chi connectivity index (χ2n) is 7.51. The van der Waals surface area contributed by atoms with Gasteiger partial charge in [0, 0.05) is 26.2 Å². The van der Waals surface area contributed by atoms with Gasteiger partial charge < -0.3 is 15.4 Å². The van der Waals surface area contributed by atoms with Crippen LogP contribution in [0, 0.1) is 0 Å². The highest BCUT2D eigenvalue weighted by molar-refractivity contribution is 14.0. The molecule has 1 saturated heterocycles. The number of aliphatic imine (C=N–C) groups is 1. The Morgan fingerprint density at radius 3 is 2.41 bits per heavy atom. The Balaban J connectivity index is 0.00000363. The zero-order chi connectivity index (χ0) is 22.1. The minimum atomic E-state index is -3.40. The molecule has 0 amide bonds. The number of sulfonamides is 1. The summed E-state index contributed by atoms with van der Waals surface area (Å²) < 4.78 is 32.4. The summed E-state index contributed by atoms with van der Waals surface area (Å²) in [5.74, 6) is 1.51. The summed E-state index contributed by atoms with van der Waals surface area (Å²) in [6.45, 7) is 5.07. The van der Waals surface area contributed by atoms with Gasteiger partial charge in [-0.2, -0.15) is 4.31 Å². The highest BCUT2D eigenvalue weighted by atomic mass is 127.